The zero-order chi connectivity index (χ0) is 16.8. The fraction of sp³-hybridized carbons (Fsp3) is 0.235. The van der Waals surface area contributed by atoms with Crippen LogP contribution in [-0.4, -0.2) is 16.4 Å². The van der Waals surface area contributed by atoms with E-state index in [-0.39, 0.29) is 11.2 Å². The van der Waals surface area contributed by atoms with E-state index >= 15 is 0 Å². The van der Waals surface area contributed by atoms with Crippen molar-refractivity contribution < 1.29 is 14.7 Å². The molecule has 2 rings (SSSR count). The number of carbonyl (C=O) groups is 1. The molecular weight excluding hydrogens is 334 g/mol. The highest BCUT2D eigenvalue weighted by atomic mass is 35.5. The van der Waals surface area contributed by atoms with Crippen LogP contribution < -0.4 is 10.2 Å². The summed E-state index contributed by atoms with van der Waals surface area (Å²) in [5.41, 5.74) is 1.72. The molecule has 2 aromatic carbocycles. The predicted octanol–water partition coefficient (Wildman–Crippen LogP) is 4.75. The minimum absolute atomic E-state index is 0.0768. The predicted molar refractivity (Wildman–Crippen MR) is 92.4 cm³/mol. The van der Waals surface area contributed by atoms with Gasteiger partial charge in [0.15, 0.2) is 0 Å². The zero-order valence-electron chi connectivity index (χ0n) is 12.8. The van der Waals surface area contributed by atoms with Crippen molar-refractivity contribution in [3.8, 4) is 11.5 Å². The topological polar surface area (TPSA) is 58.6 Å². The van der Waals surface area contributed by atoms with Gasteiger partial charge in [-0.05, 0) is 48.4 Å². The average molecular weight is 352 g/mol. The molecule has 0 radical (unpaired) electrons. The number of ether oxygens (including phenoxy) is 1. The molecule has 1 atom stereocenters. The lowest BCUT2D eigenvalue weighted by Gasteiger charge is -2.18. The van der Waals surface area contributed by atoms with Crippen molar-refractivity contribution >= 4 is 29.3 Å². The molecule has 0 aliphatic heterocycles. The summed E-state index contributed by atoms with van der Waals surface area (Å²) < 4.78 is 5.78. The van der Waals surface area contributed by atoms with Crippen molar-refractivity contribution in [1.29, 1.82) is 0 Å². The van der Waals surface area contributed by atoms with E-state index in [0.29, 0.717) is 16.5 Å². The summed E-state index contributed by atoms with van der Waals surface area (Å²) in [6.45, 7) is 3.86. The Morgan fingerprint density at radius 3 is 2.48 bits per heavy atom. The van der Waals surface area contributed by atoms with Crippen molar-refractivity contribution in [2.45, 2.75) is 24.0 Å². The maximum absolute atomic E-state index is 11.7. The third kappa shape index (κ3) is 5.16. The quantitative estimate of drug-likeness (QED) is 0.447. The fourth-order valence-electron chi connectivity index (χ4n) is 1.95. The van der Waals surface area contributed by atoms with E-state index < -0.39 is 5.91 Å². The van der Waals surface area contributed by atoms with Crippen molar-refractivity contribution in [2.75, 3.05) is 0 Å². The Morgan fingerprint density at radius 2 is 1.87 bits per heavy atom. The van der Waals surface area contributed by atoms with Crippen LogP contribution >= 0.6 is 23.4 Å². The first-order valence-electron chi connectivity index (χ1n) is 7.13. The number of rotatable bonds is 6. The van der Waals surface area contributed by atoms with Crippen LogP contribution in [0.3, 0.4) is 0 Å². The molecule has 1 amide bonds. The molecule has 6 heteroatoms. The maximum atomic E-state index is 11.7. The molecule has 23 heavy (non-hydrogen) atoms. The number of thioether (sulfide) groups is 1. The molecule has 0 aromatic heterocycles. The van der Waals surface area contributed by atoms with Gasteiger partial charge in [-0.2, -0.15) is 0 Å². The van der Waals surface area contributed by atoms with Crippen molar-refractivity contribution in [3.05, 3.63) is 53.6 Å². The van der Waals surface area contributed by atoms with E-state index in [1.54, 1.807) is 29.7 Å². The van der Waals surface area contributed by atoms with Gasteiger partial charge in [0.2, 0.25) is 0 Å². The molecule has 2 aromatic rings. The molecule has 0 saturated heterocycles. The van der Waals surface area contributed by atoms with Gasteiger partial charge in [-0.15, -0.1) is 11.8 Å². The highest BCUT2D eigenvalue weighted by Gasteiger charge is 2.23. The Labute approximate surface area is 144 Å². The normalized spacial score (nSPS) is 12.0. The summed E-state index contributed by atoms with van der Waals surface area (Å²) in [6, 6.07) is 14.6. The lowest BCUT2D eigenvalue weighted by Crippen LogP contribution is -2.33. The number of carbonyl (C=O) groups excluding carboxylic acids is 1. The first-order valence-corrected chi connectivity index (χ1v) is 8.39. The lowest BCUT2D eigenvalue weighted by atomic mass is 10.1. The average Bonchev–Trinajstić information content (AvgIpc) is 2.54. The molecule has 2 N–H and O–H groups in total. The monoisotopic (exact) mass is 351 g/mol. The SMILES string of the molecule is CC(C)C(Sc1cccc(Oc2ccc(Cl)cc2)c1)C(=O)NO. The molecule has 1 unspecified atom stereocenters. The molecule has 0 fully saturated rings. The smallest absolute Gasteiger partial charge is 0.257 e. The Kier molecular flexibility index (Phi) is 6.33. The Bertz CT molecular complexity index is 661. The molecular formula is C17H18ClNO3S. The van der Waals surface area contributed by atoms with Crippen molar-refractivity contribution in [2.24, 2.45) is 5.92 Å². The molecule has 0 aliphatic carbocycles. The summed E-state index contributed by atoms with van der Waals surface area (Å²) in [7, 11) is 0. The summed E-state index contributed by atoms with van der Waals surface area (Å²) in [6.07, 6.45) is 0. The van der Waals surface area contributed by atoms with Crippen LogP contribution in [0.1, 0.15) is 13.8 Å². The van der Waals surface area contributed by atoms with Crippen molar-refractivity contribution in [3.63, 3.8) is 0 Å². The molecule has 4 nitrogen and oxygen atoms in total. The van der Waals surface area contributed by atoms with Gasteiger partial charge >= 0.3 is 0 Å². The molecule has 122 valence electrons. The number of benzene rings is 2. The van der Waals surface area contributed by atoms with E-state index in [4.69, 9.17) is 21.5 Å². The summed E-state index contributed by atoms with van der Waals surface area (Å²) in [5.74, 6) is 1.02. The number of amides is 1. The highest BCUT2D eigenvalue weighted by molar-refractivity contribution is 8.00. The number of hydrogen-bond donors (Lipinski definition) is 2. The Hall–Kier alpha value is -1.69. The van der Waals surface area contributed by atoms with Crippen LogP contribution in [0.25, 0.3) is 0 Å². The van der Waals surface area contributed by atoms with E-state index in [1.165, 1.54) is 11.8 Å². The lowest BCUT2D eigenvalue weighted by molar-refractivity contribution is -0.129. The molecule has 0 bridgehead atoms. The van der Waals surface area contributed by atoms with Gasteiger partial charge in [0.1, 0.15) is 11.5 Å². The summed E-state index contributed by atoms with van der Waals surface area (Å²) in [4.78, 5) is 12.6. The van der Waals surface area contributed by atoms with E-state index in [9.17, 15) is 4.79 Å². The van der Waals surface area contributed by atoms with E-state index in [0.717, 1.165) is 4.90 Å². The maximum Gasteiger partial charge on any atom is 0.257 e. The first-order chi connectivity index (χ1) is 11.0. The number of hydroxylamine groups is 1. The van der Waals surface area contributed by atoms with Gasteiger partial charge < -0.3 is 4.74 Å². The fourth-order valence-corrected chi connectivity index (χ4v) is 3.14. The number of halogens is 1. The first kappa shape index (κ1) is 17.7. The van der Waals surface area contributed by atoms with Gasteiger partial charge in [-0.1, -0.05) is 31.5 Å². The molecule has 0 saturated carbocycles. The van der Waals surface area contributed by atoms with Crippen LogP contribution in [-0.2, 0) is 4.79 Å². The van der Waals surface area contributed by atoms with Crippen LogP contribution in [0.4, 0.5) is 0 Å². The molecule has 0 aliphatic rings. The second-order valence-corrected chi connectivity index (χ2v) is 6.94. The van der Waals surface area contributed by atoms with Gasteiger partial charge in [-0.25, -0.2) is 5.48 Å². The van der Waals surface area contributed by atoms with E-state index in [2.05, 4.69) is 0 Å². The van der Waals surface area contributed by atoms with Crippen LogP contribution in [0.15, 0.2) is 53.4 Å². The largest absolute Gasteiger partial charge is 0.457 e. The van der Waals surface area contributed by atoms with Gasteiger partial charge in [-0.3, -0.25) is 10.0 Å². The third-order valence-electron chi connectivity index (χ3n) is 3.09. The highest BCUT2D eigenvalue weighted by Crippen LogP contribution is 2.32. The third-order valence-corrected chi connectivity index (χ3v) is 4.88. The summed E-state index contributed by atoms with van der Waals surface area (Å²) in [5, 5.41) is 9.12. The second-order valence-electron chi connectivity index (χ2n) is 5.29. The van der Waals surface area contributed by atoms with Crippen LogP contribution in [0.5, 0.6) is 11.5 Å². The Morgan fingerprint density at radius 1 is 1.17 bits per heavy atom. The number of nitrogens with one attached hydrogen (secondary N) is 1. The molecule has 0 heterocycles. The number of hydrogen-bond acceptors (Lipinski definition) is 4. The minimum Gasteiger partial charge on any atom is -0.457 e. The van der Waals surface area contributed by atoms with Gasteiger partial charge in [0, 0.05) is 9.92 Å². The van der Waals surface area contributed by atoms with Gasteiger partial charge in [0.05, 0.1) is 5.25 Å². The second kappa shape index (κ2) is 8.24. The van der Waals surface area contributed by atoms with Crippen molar-refractivity contribution in [1.82, 2.24) is 5.48 Å². The summed E-state index contributed by atoms with van der Waals surface area (Å²) >= 11 is 7.24. The Balaban J connectivity index is 2.12. The van der Waals surface area contributed by atoms with Crippen LogP contribution in [0, 0.1) is 5.92 Å². The minimum atomic E-state index is -0.408. The van der Waals surface area contributed by atoms with E-state index in [1.807, 2.05) is 38.1 Å². The standard InChI is InChI=1S/C17H18ClNO3S/c1-11(2)16(17(20)19-21)23-15-5-3-4-14(10-15)22-13-8-6-12(18)7-9-13/h3-11,16,21H,1-2H3,(H,19,20). The molecule has 0 spiro atoms. The van der Waals surface area contributed by atoms with Crippen LogP contribution in [0.2, 0.25) is 5.02 Å². The van der Waals surface area contributed by atoms with Gasteiger partial charge in [0.25, 0.3) is 5.91 Å². The zero-order valence-corrected chi connectivity index (χ0v) is 14.4.